The molecule has 0 aliphatic carbocycles. The highest BCUT2D eigenvalue weighted by atomic mass is 16.2. The first kappa shape index (κ1) is 17.2. The highest BCUT2D eigenvalue weighted by Crippen LogP contribution is 2.29. The fourth-order valence-corrected chi connectivity index (χ4v) is 3.61. The van der Waals surface area contributed by atoms with Crippen LogP contribution in [0.1, 0.15) is 45.2 Å². The van der Waals surface area contributed by atoms with Crippen molar-refractivity contribution in [3.8, 4) is 0 Å². The largest absolute Gasteiger partial charge is 0.355 e. The van der Waals surface area contributed by atoms with Crippen molar-refractivity contribution in [1.29, 1.82) is 0 Å². The molecule has 9 nitrogen and oxygen atoms in total. The summed E-state index contributed by atoms with van der Waals surface area (Å²) >= 11 is 0. The summed E-state index contributed by atoms with van der Waals surface area (Å²) in [5.74, 6) is 0.0693. The van der Waals surface area contributed by atoms with Gasteiger partial charge in [-0.3, -0.25) is 14.3 Å². The molecular weight excluding hydrogens is 346 g/mol. The molecule has 0 aromatic carbocycles. The van der Waals surface area contributed by atoms with E-state index in [1.807, 2.05) is 11.0 Å². The second-order valence-corrected chi connectivity index (χ2v) is 6.71. The number of nitrogens with one attached hydrogen (secondary N) is 1. The molecular formula is C18H21N7O2. The number of aromatic nitrogens is 5. The zero-order chi connectivity index (χ0) is 19.0. The molecule has 0 saturated carbocycles. The molecule has 3 aromatic heterocycles. The van der Waals surface area contributed by atoms with Gasteiger partial charge in [-0.2, -0.15) is 10.2 Å². The van der Waals surface area contributed by atoms with Gasteiger partial charge in [0.25, 0.3) is 11.8 Å². The molecule has 1 aliphatic heterocycles. The number of aryl methyl sites for hydroxylation is 1. The summed E-state index contributed by atoms with van der Waals surface area (Å²) in [6.07, 6.45) is 8.27. The first-order valence-electron chi connectivity index (χ1n) is 8.91. The van der Waals surface area contributed by atoms with Crippen molar-refractivity contribution in [2.24, 2.45) is 7.05 Å². The van der Waals surface area contributed by atoms with Crippen molar-refractivity contribution >= 4 is 17.5 Å². The molecule has 0 atom stereocenters. The normalized spacial score (nSPS) is 15.3. The van der Waals surface area contributed by atoms with E-state index < -0.39 is 0 Å². The molecule has 2 amide bonds. The fourth-order valence-electron chi connectivity index (χ4n) is 3.61. The molecule has 140 valence electrons. The van der Waals surface area contributed by atoms with Gasteiger partial charge in [0.15, 0.2) is 5.65 Å². The average molecular weight is 367 g/mol. The van der Waals surface area contributed by atoms with Crippen molar-refractivity contribution in [1.82, 2.24) is 34.6 Å². The van der Waals surface area contributed by atoms with E-state index in [1.54, 1.807) is 48.1 Å². The Balaban J connectivity index is 1.52. The first-order chi connectivity index (χ1) is 13.1. The molecule has 27 heavy (non-hydrogen) atoms. The minimum Gasteiger partial charge on any atom is -0.355 e. The van der Waals surface area contributed by atoms with Gasteiger partial charge in [0.1, 0.15) is 5.56 Å². The van der Waals surface area contributed by atoms with Gasteiger partial charge in [-0.1, -0.05) is 0 Å². The summed E-state index contributed by atoms with van der Waals surface area (Å²) < 4.78 is 3.38. The number of rotatable bonds is 3. The zero-order valence-corrected chi connectivity index (χ0v) is 15.3. The maximum absolute atomic E-state index is 12.6. The minimum atomic E-state index is -0.202. The first-order valence-corrected chi connectivity index (χ1v) is 8.91. The third-order valence-corrected chi connectivity index (χ3v) is 5.05. The number of fused-ring (bicyclic) bond motifs is 1. The van der Waals surface area contributed by atoms with Crippen LogP contribution >= 0.6 is 0 Å². The number of amides is 2. The summed E-state index contributed by atoms with van der Waals surface area (Å²) in [4.78, 5) is 30.7. The van der Waals surface area contributed by atoms with Crippen molar-refractivity contribution in [2.45, 2.75) is 18.8 Å². The van der Waals surface area contributed by atoms with Crippen LogP contribution in [0, 0.1) is 0 Å². The zero-order valence-electron chi connectivity index (χ0n) is 15.3. The monoisotopic (exact) mass is 367 g/mol. The predicted molar refractivity (Wildman–Crippen MR) is 97.5 cm³/mol. The Hall–Kier alpha value is -3.23. The minimum absolute atomic E-state index is 0.0161. The summed E-state index contributed by atoms with van der Waals surface area (Å²) in [6.45, 7) is 1.34. The molecule has 4 heterocycles. The molecule has 9 heteroatoms. The van der Waals surface area contributed by atoms with Crippen molar-refractivity contribution in [3.05, 3.63) is 47.7 Å². The highest BCUT2D eigenvalue weighted by Gasteiger charge is 2.27. The van der Waals surface area contributed by atoms with Gasteiger partial charge >= 0.3 is 0 Å². The van der Waals surface area contributed by atoms with E-state index in [9.17, 15) is 9.59 Å². The van der Waals surface area contributed by atoms with Crippen molar-refractivity contribution in [3.63, 3.8) is 0 Å². The SMILES string of the molecule is CNC(=O)c1cnn2c(C3CCN(C(=O)c4cnn(C)c4)CC3)ccnc12. The van der Waals surface area contributed by atoms with Gasteiger partial charge in [-0.25, -0.2) is 9.50 Å². The number of hydrogen-bond acceptors (Lipinski definition) is 5. The molecule has 0 radical (unpaired) electrons. The summed E-state index contributed by atoms with van der Waals surface area (Å²) in [6, 6.07) is 1.94. The summed E-state index contributed by atoms with van der Waals surface area (Å²) in [5, 5.41) is 11.1. The third kappa shape index (κ3) is 3.05. The van der Waals surface area contributed by atoms with Crippen LogP contribution in [0.4, 0.5) is 0 Å². The van der Waals surface area contributed by atoms with Gasteiger partial charge < -0.3 is 10.2 Å². The molecule has 1 fully saturated rings. The van der Waals surface area contributed by atoms with E-state index in [0.717, 1.165) is 18.5 Å². The Kier molecular flexibility index (Phi) is 4.35. The van der Waals surface area contributed by atoms with Crippen LogP contribution in [-0.4, -0.2) is 61.2 Å². The van der Waals surface area contributed by atoms with Gasteiger partial charge in [0.05, 0.1) is 18.0 Å². The van der Waals surface area contributed by atoms with Crippen LogP contribution in [0.25, 0.3) is 5.65 Å². The molecule has 0 unspecified atom stereocenters. The van der Waals surface area contributed by atoms with E-state index >= 15 is 0 Å². The van der Waals surface area contributed by atoms with E-state index in [2.05, 4.69) is 20.5 Å². The van der Waals surface area contributed by atoms with Crippen LogP contribution in [-0.2, 0) is 7.05 Å². The topological polar surface area (TPSA) is 97.4 Å². The molecule has 1 aliphatic rings. The number of piperidine rings is 1. The van der Waals surface area contributed by atoms with Gasteiger partial charge in [-0.15, -0.1) is 0 Å². The lowest BCUT2D eigenvalue weighted by molar-refractivity contribution is 0.0711. The summed E-state index contributed by atoms with van der Waals surface area (Å²) in [5.41, 5.74) is 2.65. The quantitative estimate of drug-likeness (QED) is 0.740. The predicted octanol–water partition coefficient (Wildman–Crippen LogP) is 0.842. The lowest BCUT2D eigenvalue weighted by Gasteiger charge is -2.32. The van der Waals surface area contributed by atoms with Gasteiger partial charge in [0, 0.05) is 51.2 Å². The Morgan fingerprint density at radius 3 is 2.63 bits per heavy atom. The van der Waals surface area contributed by atoms with Gasteiger partial charge in [0.2, 0.25) is 0 Å². The maximum Gasteiger partial charge on any atom is 0.257 e. The van der Waals surface area contributed by atoms with Crippen molar-refractivity contribution in [2.75, 3.05) is 20.1 Å². The highest BCUT2D eigenvalue weighted by molar-refractivity contribution is 5.99. The average Bonchev–Trinajstić information content (AvgIpc) is 3.33. The van der Waals surface area contributed by atoms with E-state index in [0.29, 0.717) is 29.9 Å². The van der Waals surface area contributed by atoms with Crippen molar-refractivity contribution < 1.29 is 9.59 Å². The number of likely N-dealkylation sites (tertiary alicyclic amines) is 1. The third-order valence-electron chi connectivity index (χ3n) is 5.05. The Morgan fingerprint density at radius 2 is 1.96 bits per heavy atom. The number of carbonyl (C=O) groups is 2. The number of hydrogen-bond donors (Lipinski definition) is 1. The standard InChI is InChI=1S/C18H21N7O2/c1-19-17(26)14-10-22-25-15(3-6-20-16(14)25)12-4-7-24(8-5-12)18(27)13-9-21-23(2)11-13/h3,6,9-12H,4-5,7-8H2,1-2H3,(H,19,26). The van der Waals surface area contributed by atoms with Gasteiger partial charge in [-0.05, 0) is 18.9 Å². The molecule has 1 saturated heterocycles. The van der Waals surface area contributed by atoms with Crippen LogP contribution in [0.5, 0.6) is 0 Å². The Labute approximate surface area is 156 Å². The van der Waals surface area contributed by atoms with Crippen LogP contribution in [0.2, 0.25) is 0 Å². The number of nitrogens with zero attached hydrogens (tertiary/aromatic N) is 6. The number of carbonyl (C=O) groups excluding carboxylic acids is 2. The molecule has 0 bridgehead atoms. The Morgan fingerprint density at radius 1 is 1.19 bits per heavy atom. The van der Waals surface area contributed by atoms with Crippen LogP contribution < -0.4 is 5.32 Å². The second kappa shape index (κ2) is 6.82. The second-order valence-electron chi connectivity index (χ2n) is 6.71. The maximum atomic E-state index is 12.6. The van der Waals surface area contributed by atoms with E-state index in [1.165, 1.54) is 0 Å². The smallest absolute Gasteiger partial charge is 0.257 e. The van der Waals surface area contributed by atoms with Crippen LogP contribution in [0.3, 0.4) is 0 Å². The fraction of sp³-hybridized carbons (Fsp3) is 0.389. The molecule has 4 rings (SSSR count). The van der Waals surface area contributed by atoms with E-state index in [-0.39, 0.29) is 17.7 Å². The Bertz CT molecular complexity index is 998. The van der Waals surface area contributed by atoms with E-state index in [4.69, 9.17) is 0 Å². The lowest BCUT2D eigenvalue weighted by Crippen LogP contribution is -2.38. The van der Waals surface area contributed by atoms with Crippen LogP contribution in [0.15, 0.2) is 30.9 Å². The lowest BCUT2D eigenvalue weighted by atomic mass is 9.93. The molecule has 1 N–H and O–H groups in total. The molecule has 0 spiro atoms. The summed E-state index contributed by atoms with van der Waals surface area (Å²) in [7, 11) is 3.39. The molecule has 3 aromatic rings.